The highest BCUT2D eigenvalue weighted by Gasteiger charge is 2.39. The third-order valence-electron chi connectivity index (χ3n) is 4.14. The van der Waals surface area contributed by atoms with Crippen molar-refractivity contribution in [1.29, 1.82) is 0 Å². The minimum atomic E-state index is -0.730. The molecule has 0 bridgehead atoms. The van der Waals surface area contributed by atoms with Gasteiger partial charge in [-0.25, -0.2) is 0 Å². The Hall–Kier alpha value is -1.63. The molecule has 6 nitrogen and oxygen atoms in total. The summed E-state index contributed by atoms with van der Waals surface area (Å²) >= 11 is 0. The van der Waals surface area contributed by atoms with Crippen LogP contribution in [0.1, 0.15) is 12.8 Å². The standard InChI is InChI=1S/C17H27N3O3/c1-20(2)12-13-23-15-6-4-14(5-7-15)19-16(21)17(22-3)8-10-18-11-9-17/h4-7,18H,8-13H2,1-3H3,(H,19,21). The van der Waals surface area contributed by atoms with Crippen LogP contribution >= 0.6 is 0 Å². The Bertz CT molecular complexity index is 496. The molecule has 1 aromatic rings. The van der Waals surface area contributed by atoms with Gasteiger partial charge in [-0.15, -0.1) is 0 Å². The third kappa shape index (κ3) is 4.92. The maximum absolute atomic E-state index is 12.6. The second-order valence-electron chi connectivity index (χ2n) is 6.08. The van der Waals surface area contributed by atoms with Crippen LogP contribution < -0.4 is 15.4 Å². The first kappa shape index (κ1) is 17.7. The van der Waals surface area contributed by atoms with Gasteiger partial charge in [-0.1, -0.05) is 0 Å². The molecule has 1 amide bonds. The molecule has 0 unspecified atom stereocenters. The van der Waals surface area contributed by atoms with Crippen LogP contribution in [-0.4, -0.2) is 63.9 Å². The van der Waals surface area contributed by atoms with Gasteiger partial charge in [0, 0.05) is 19.3 Å². The zero-order valence-corrected chi connectivity index (χ0v) is 14.2. The molecule has 2 N–H and O–H groups in total. The highest BCUT2D eigenvalue weighted by molar-refractivity contribution is 5.97. The van der Waals surface area contributed by atoms with Crippen LogP contribution in [0.2, 0.25) is 0 Å². The van der Waals surface area contributed by atoms with Gasteiger partial charge in [-0.2, -0.15) is 0 Å². The molecule has 1 heterocycles. The number of benzene rings is 1. The van der Waals surface area contributed by atoms with E-state index in [0.717, 1.165) is 31.1 Å². The fraction of sp³-hybridized carbons (Fsp3) is 0.588. The molecule has 1 fully saturated rings. The van der Waals surface area contributed by atoms with Gasteiger partial charge in [0.2, 0.25) is 0 Å². The number of ether oxygens (including phenoxy) is 2. The fourth-order valence-corrected chi connectivity index (χ4v) is 2.58. The molecule has 1 aliphatic rings. The molecular weight excluding hydrogens is 294 g/mol. The Labute approximate surface area is 138 Å². The van der Waals surface area contributed by atoms with Crippen LogP contribution in [0.15, 0.2) is 24.3 Å². The summed E-state index contributed by atoms with van der Waals surface area (Å²) in [6, 6.07) is 7.45. The lowest BCUT2D eigenvalue weighted by Crippen LogP contribution is -2.51. The van der Waals surface area contributed by atoms with Crippen molar-refractivity contribution >= 4 is 11.6 Å². The Morgan fingerprint density at radius 2 is 1.91 bits per heavy atom. The number of rotatable bonds is 7. The summed E-state index contributed by atoms with van der Waals surface area (Å²) in [6.07, 6.45) is 1.36. The van der Waals surface area contributed by atoms with E-state index in [1.165, 1.54) is 0 Å². The summed E-state index contributed by atoms with van der Waals surface area (Å²) in [5, 5.41) is 6.20. The van der Waals surface area contributed by atoms with Crippen LogP contribution in [0.3, 0.4) is 0 Å². The molecule has 0 radical (unpaired) electrons. The highest BCUT2D eigenvalue weighted by Crippen LogP contribution is 2.25. The number of amides is 1. The largest absolute Gasteiger partial charge is 0.492 e. The molecule has 0 aliphatic carbocycles. The second-order valence-corrected chi connectivity index (χ2v) is 6.08. The predicted molar refractivity (Wildman–Crippen MR) is 91.0 cm³/mol. The average molecular weight is 321 g/mol. The molecule has 128 valence electrons. The van der Waals surface area contributed by atoms with E-state index in [1.807, 2.05) is 38.4 Å². The van der Waals surface area contributed by atoms with E-state index in [4.69, 9.17) is 9.47 Å². The summed E-state index contributed by atoms with van der Waals surface area (Å²) in [7, 11) is 5.62. The minimum absolute atomic E-state index is 0.0808. The van der Waals surface area contributed by atoms with E-state index in [2.05, 4.69) is 15.5 Å². The van der Waals surface area contributed by atoms with Crippen LogP contribution in [0.5, 0.6) is 5.75 Å². The summed E-state index contributed by atoms with van der Waals surface area (Å²) in [5.74, 6) is 0.718. The molecule has 0 saturated carbocycles. The van der Waals surface area contributed by atoms with Crippen molar-refractivity contribution < 1.29 is 14.3 Å². The van der Waals surface area contributed by atoms with Crippen LogP contribution in [0, 0.1) is 0 Å². The molecule has 23 heavy (non-hydrogen) atoms. The zero-order valence-electron chi connectivity index (χ0n) is 14.2. The first-order chi connectivity index (χ1) is 11.1. The van der Waals surface area contributed by atoms with Crippen molar-refractivity contribution in [3.05, 3.63) is 24.3 Å². The number of carbonyl (C=O) groups excluding carboxylic acids is 1. The maximum Gasteiger partial charge on any atom is 0.256 e. The quantitative estimate of drug-likeness (QED) is 0.793. The zero-order chi connectivity index (χ0) is 16.7. The molecule has 0 spiro atoms. The van der Waals surface area contributed by atoms with Crippen LogP contribution in [0.4, 0.5) is 5.69 Å². The predicted octanol–water partition coefficient (Wildman–Crippen LogP) is 1.33. The second kappa shape index (κ2) is 8.29. The Kier molecular flexibility index (Phi) is 6.38. The average Bonchev–Trinajstić information content (AvgIpc) is 2.56. The topological polar surface area (TPSA) is 62.8 Å². The molecule has 0 aromatic heterocycles. The van der Waals surface area contributed by atoms with Gasteiger partial charge in [0.15, 0.2) is 0 Å². The first-order valence-corrected chi connectivity index (χ1v) is 8.01. The van der Waals surface area contributed by atoms with Gasteiger partial charge in [0.05, 0.1) is 0 Å². The number of piperidine rings is 1. The lowest BCUT2D eigenvalue weighted by Gasteiger charge is -2.34. The highest BCUT2D eigenvalue weighted by atomic mass is 16.5. The van der Waals surface area contributed by atoms with E-state index < -0.39 is 5.60 Å². The van der Waals surface area contributed by atoms with Crippen molar-refractivity contribution in [2.45, 2.75) is 18.4 Å². The van der Waals surface area contributed by atoms with Gasteiger partial charge in [-0.05, 0) is 64.3 Å². The van der Waals surface area contributed by atoms with E-state index in [9.17, 15) is 4.79 Å². The SMILES string of the molecule is COC1(C(=O)Nc2ccc(OCCN(C)C)cc2)CCNCC1. The van der Waals surface area contributed by atoms with E-state index >= 15 is 0 Å². The van der Waals surface area contributed by atoms with Gasteiger partial charge in [0.25, 0.3) is 5.91 Å². The summed E-state index contributed by atoms with van der Waals surface area (Å²) in [5.41, 5.74) is 0.0245. The molecule has 2 rings (SSSR count). The Balaban J connectivity index is 1.90. The smallest absolute Gasteiger partial charge is 0.256 e. The number of methoxy groups -OCH3 is 1. The Morgan fingerprint density at radius 3 is 2.48 bits per heavy atom. The number of hydrogen-bond acceptors (Lipinski definition) is 5. The van der Waals surface area contributed by atoms with Gasteiger partial charge in [-0.3, -0.25) is 4.79 Å². The van der Waals surface area contributed by atoms with Crippen molar-refractivity contribution in [2.24, 2.45) is 0 Å². The normalized spacial score (nSPS) is 17.0. The van der Waals surface area contributed by atoms with Crippen molar-refractivity contribution in [1.82, 2.24) is 10.2 Å². The molecule has 1 aromatic carbocycles. The van der Waals surface area contributed by atoms with Crippen LogP contribution in [-0.2, 0) is 9.53 Å². The van der Waals surface area contributed by atoms with Crippen LogP contribution in [0.25, 0.3) is 0 Å². The van der Waals surface area contributed by atoms with Gasteiger partial charge in [0.1, 0.15) is 18.0 Å². The lowest BCUT2D eigenvalue weighted by molar-refractivity contribution is -0.140. The molecule has 0 atom stereocenters. The number of anilines is 1. The Morgan fingerprint density at radius 1 is 1.26 bits per heavy atom. The van der Waals surface area contributed by atoms with Gasteiger partial charge < -0.3 is 25.0 Å². The molecule has 6 heteroatoms. The van der Waals surface area contributed by atoms with Crippen molar-refractivity contribution in [3.63, 3.8) is 0 Å². The molecule has 1 aliphatic heterocycles. The summed E-state index contributed by atoms with van der Waals surface area (Å²) in [4.78, 5) is 14.6. The number of likely N-dealkylation sites (N-methyl/N-ethyl adjacent to an activating group) is 1. The molecular formula is C17H27N3O3. The van der Waals surface area contributed by atoms with Crippen molar-refractivity contribution in [3.8, 4) is 5.75 Å². The summed E-state index contributed by atoms with van der Waals surface area (Å²) in [6.45, 7) is 3.08. The van der Waals surface area contributed by atoms with Gasteiger partial charge >= 0.3 is 0 Å². The number of hydrogen-bond donors (Lipinski definition) is 2. The fourth-order valence-electron chi connectivity index (χ4n) is 2.58. The monoisotopic (exact) mass is 321 g/mol. The van der Waals surface area contributed by atoms with Crippen molar-refractivity contribution in [2.75, 3.05) is 52.8 Å². The lowest BCUT2D eigenvalue weighted by atomic mass is 9.91. The summed E-state index contributed by atoms with van der Waals surface area (Å²) < 4.78 is 11.2. The number of carbonyl (C=O) groups is 1. The molecule has 1 saturated heterocycles. The number of nitrogens with zero attached hydrogens (tertiary/aromatic N) is 1. The third-order valence-corrected chi connectivity index (χ3v) is 4.14. The number of nitrogens with one attached hydrogen (secondary N) is 2. The van der Waals surface area contributed by atoms with E-state index in [0.29, 0.717) is 19.4 Å². The first-order valence-electron chi connectivity index (χ1n) is 8.01. The van der Waals surface area contributed by atoms with E-state index in [1.54, 1.807) is 7.11 Å². The van der Waals surface area contributed by atoms with E-state index in [-0.39, 0.29) is 5.91 Å². The minimum Gasteiger partial charge on any atom is -0.492 e. The maximum atomic E-state index is 12.6.